The maximum Gasteiger partial charge on any atom is 0.259 e. The molecule has 2 N–H and O–H groups in total. The summed E-state index contributed by atoms with van der Waals surface area (Å²) in [5.74, 6) is 1.18. The maximum atomic E-state index is 12.7. The second-order valence-electron chi connectivity index (χ2n) is 6.00. The maximum absolute atomic E-state index is 12.7. The van der Waals surface area contributed by atoms with Gasteiger partial charge in [-0.05, 0) is 37.1 Å². The molecule has 6 heteroatoms. The van der Waals surface area contributed by atoms with Gasteiger partial charge in [-0.2, -0.15) is 0 Å². The zero-order chi connectivity index (χ0) is 17.1. The number of thioether (sulfide) groups is 1. The average molecular weight is 353 g/mol. The van der Waals surface area contributed by atoms with Gasteiger partial charge in [-0.1, -0.05) is 24.3 Å². The number of carbonyl (C=O) groups is 1. The summed E-state index contributed by atoms with van der Waals surface area (Å²) in [5.41, 5.74) is 2.39. The van der Waals surface area contributed by atoms with E-state index >= 15 is 0 Å². The summed E-state index contributed by atoms with van der Waals surface area (Å²) in [5, 5.41) is 2.87. The van der Waals surface area contributed by atoms with Crippen LogP contribution in [-0.2, 0) is 4.74 Å². The lowest BCUT2D eigenvalue weighted by Gasteiger charge is -2.11. The van der Waals surface area contributed by atoms with Crippen LogP contribution in [-0.4, -0.2) is 34.3 Å². The van der Waals surface area contributed by atoms with Crippen molar-refractivity contribution in [3.8, 4) is 0 Å². The molecule has 4 rings (SSSR count). The third kappa shape index (κ3) is 3.70. The quantitative estimate of drug-likeness (QED) is 0.678. The van der Waals surface area contributed by atoms with Crippen LogP contribution in [0.15, 0.2) is 53.4 Å². The Labute approximate surface area is 150 Å². The first-order valence-electron chi connectivity index (χ1n) is 8.39. The van der Waals surface area contributed by atoms with Gasteiger partial charge in [0.25, 0.3) is 5.91 Å². The highest BCUT2D eigenvalue weighted by Crippen LogP contribution is 2.27. The van der Waals surface area contributed by atoms with E-state index in [9.17, 15) is 4.79 Å². The highest BCUT2D eigenvalue weighted by molar-refractivity contribution is 7.99. The van der Waals surface area contributed by atoms with E-state index in [1.165, 1.54) is 0 Å². The number of anilines is 1. The number of imidazole rings is 1. The molecule has 1 aliphatic heterocycles. The summed E-state index contributed by atoms with van der Waals surface area (Å²) in [6, 6.07) is 15.4. The molecule has 25 heavy (non-hydrogen) atoms. The highest BCUT2D eigenvalue weighted by atomic mass is 32.2. The van der Waals surface area contributed by atoms with E-state index in [0.717, 1.165) is 41.1 Å². The van der Waals surface area contributed by atoms with Gasteiger partial charge in [0, 0.05) is 17.3 Å². The number of nitrogens with one attached hydrogen (secondary N) is 2. The SMILES string of the molecule is O=C(Nc1nc2ccccc2[nH]1)c1ccccc1SCC1CCCO1. The van der Waals surface area contributed by atoms with Crippen LogP contribution >= 0.6 is 11.8 Å². The Balaban J connectivity index is 1.49. The van der Waals surface area contributed by atoms with Crippen molar-refractivity contribution >= 4 is 34.7 Å². The van der Waals surface area contributed by atoms with Crippen LogP contribution in [0, 0.1) is 0 Å². The van der Waals surface area contributed by atoms with Crippen molar-refractivity contribution in [3.63, 3.8) is 0 Å². The number of hydrogen-bond donors (Lipinski definition) is 2. The Morgan fingerprint density at radius 2 is 2.08 bits per heavy atom. The summed E-state index contributed by atoms with van der Waals surface area (Å²) >= 11 is 1.67. The molecule has 5 nitrogen and oxygen atoms in total. The molecular formula is C19H19N3O2S. The molecule has 2 aromatic carbocycles. The van der Waals surface area contributed by atoms with Crippen molar-refractivity contribution in [1.29, 1.82) is 0 Å². The van der Waals surface area contributed by atoms with Gasteiger partial charge < -0.3 is 9.72 Å². The van der Waals surface area contributed by atoms with E-state index < -0.39 is 0 Å². The minimum absolute atomic E-state index is 0.158. The molecule has 1 aliphatic rings. The fraction of sp³-hybridized carbons (Fsp3) is 0.263. The second kappa shape index (κ2) is 7.29. The van der Waals surface area contributed by atoms with Gasteiger partial charge in [-0.25, -0.2) is 4.98 Å². The number of para-hydroxylation sites is 2. The van der Waals surface area contributed by atoms with Crippen LogP contribution in [0.5, 0.6) is 0 Å². The molecule has 0 saturated carbocycles. The molecule has 1 unspecified atom stereocenters. The number of fused-ring (bicyclic) bond motifs is 1. The van der Waals surface area contributed by atoms with Crippen molar-refractivity contribution in [2.75, 3.05) is 17.7 Å². The van der Waals surface area contributed by atoms with Crippen molar-refractivity contribution < 1.29 is 9.53 Å². The van der Waals surface area contributed by atoms with Gasteiger partial charge in [-0.15, -0.1) is 11.8 Å². The smallest absolute Gasteiger partial charge is 0.259 e. The monoisotopic (exact) mass is 353 g/mol. The summed E-state index contributed by atoms with van der Waals surface area (Å²) in [6.07, 6.45) is 2.51. The van der Waals surface area contributed by atoms with Gasteiger partial charge in [0.15, 0.2) is 0 Å². The van der Waals surface area contributed by atoms with Crippen LogP contribution < -0.4 is 5.32 Å². The van der Waals surface area contributed by atoms with Crippen LogP contribution in [0.4, 0.5) is 5.95 Å². The lowest BCUT2D eigenvalue weighted by molar-refractivity contribution is 0.102. The van der Waals surface area contributed by atoms with Crippen molar-refractivity contribution in [3.05, 3.63) is 54.1 Å². The van der Waals surface area contributed by atoms with Gasteiger partial charge in [0.1, 0.15) is 0 Å². The van der Waals surface area contributed by atoms with Gasteiger partial charge in [0.05, 0.1) is 22.7 Å². The number of nitrogens with zero attached hydrogens (tertiary/aromatic N) is 1. The Bertz CT molecular complexity index is 854. The first-order valence-corrected chi connectivity index (χ1v) is 9.38. The molecule has 1 fully saturated rings. The molecular weight excluding hydrogens is 334 g/mol. The number of aromatic nitrogens is 2. The van der Waals surface area contributed by atoms with E-state index in [-0.39, 0.29) is 12.0 Å². The highest BCUT2D eigenvalue weighted by Gasteiger charge is 2.18. The lowest BCUT2D eigenvalue weighted by atomic mass is 10.2. The molecule has 3 aromatic rings. The summed E-state index contributed by atoms with van der Waals surface area (Å²) in [7, 11) is 0. The first-order chi connectivity index (χ1) is 12.3. The molecule has 1 aromatic heterocycles. The van der Waals surface area contributed by atoms with E-state index in [4.69, 9.17) is 4.74 Å². The van der Waals surface area contributed by atoms with Crippen LogP contribution in [0.2, 0.25) is 0 Å². The fourth-order valence-corrected chi connectivity index (χ4v) is 4.04. The number of ether oxygens (including phenoxy) is 1. The number of aromatic amines is 1. The third-order valence-electron chi connectivity index (χ3n) is 4.20. The summed E-state index contributed by atoms with van der Waals surface area (Å²) in [6.45, 7) is 0.847. The Kier molecular flexibility index (Phi) is 4.72. The molecule has 0 aliphatic carbocycles. The zero-order valence-electron chi connectivity index (χ0n) is 13.7. The minimum atomic E-state index is -0.158. The predicted octanol–water partition coefficient (Wildman–Crippen LogP) is 4.09. The second-order valence-corrected chi connectivity index (χ2v) is 7.06. The van der Waals surface area contributed by atoms with Crippen molar-refractivity contribution in [2.24, 2.45) is 0 Å². The Hall–Kier alpha value is -2.31. The Morgan fingerprint density at radius 3 is 2.92 bits per heavy atom. The molecule has 1 saturated heterocycles. The van der Waals surface area contributed by atoms with Gasteiger partial charge in [-0.3, -0.25) is 10.1 Å². The van der Waals surface area contributed by atoms with E-state index in [0.29, 0.717) is 11.5 Å². The number of rotatable bonds is 5. The van der Waals surface area contributed by atoms with Crippen molar-refractivity contribution in [2.45, 2.75) is 23.8 Å². The number of hydrogen-bond acceptors (Lipinski definition) is 4. The number of benzene rings is 2. The van der Waals surface area contributed by atoms with E-state index in [2.05, 4.69) is 15.3 Å². The predicted molar refractivity (Wildman–Crippen MR) is 100 cm³/mol. The lowest BCUT2D eigenvalue weighted by Crippen LogP contribution is -2.14. The fourth-order valence-electron chi connectivity index (χ4n) is 2.93. The topological polar surface area (TPSA) is 67.0 Å². The zero-order valence-corrected chi connectivity index (χ0v) is 14.5. The van der Waals surface area contributed by atoms with E-state index in [1.54, 1.807) is 11.8 Å². The standard InChI is InChI=1S/C19H19N3O2S/c23-18(22-19-20-15-8-2-3-9-16(15)21-19)14-7-1-4-10-17(14)25-12-13-6-5-11-24-13/h1-4,7-10,13H,5-6,11-12H2,(H2,20,21,22,23). The number of H-pyrrole nitrogens is 1. The van der Waals surface area contributed by atoms with Crippen molar-refractivity contribution in [1.82, 2.24) is 9.97 Å². The van der Waals surface area contributed by atoms with E-state index in [1.807, 2.05) is 48.5 Å². The number of carbonyl (C=O) groups excluding carboxylic acids is 1. The molecule has 0 bridgehead atoms. The largest absolute Gasteiger partial charge is 0.377 e. The van der Waals surface area contributed by atoms with Gasteiger partial charge in [0.2, 0.25) is 5.95 Å². The molecule has 0 spiro atoms. The minimum Gasteiger partial charge on any atom is -0.377 e. The molecule has 1 amide bonds. The normalized spacial score (nSPS) is 17.0. The molecule has 128 valence electrons. The van der Waals surface area contributed by atoms with Crippen LogP contribution in [0.25, 0.3) is 11.0 Å². The summed E-state index contributed by atoms with van der Waals surface area (Å²) in [4.78, 5) is 21.2. The van der Waals surface area contributed by atoms with Crippen LogP contribution in [0.3, 0.4) is 0 Å². The van der Waals surface area contributed by atoms with Crippen LogP contribution in [0.1, 0.15) is 23.2 Å². The third-order valence-corrected chi connectivity index (χ3v) is 5.41. The molecule has 0 radical (unpaired) electrons. The first kappa shape index (κ1) is 16.2. The van der Waals surface area contributed by atoms with Gasteiger partial charge >= 0.3 is 0 Å². The molecule has 1 atom stereocenters. The summed E-state index contributed by atoms with van der Waals surface area (Å²) < 4.78 is 5.67. The molecule has 2 heterocycles. The number of amides is 1. The Morgan fingerprint density at radius 1 is 1.24 bits per heavy atom. The average Bonchev–Trinajstić information content (AvgIpc) is 3.29.